The fraction of sp³-hybridized carbons (Fsp3) is 0.412. The summed E-state index contributed by atoms with van der Waals surface area (Å²) in [5.74, 6) is 4.09. The van der Waals surface area contributed by atoms with Gasteiger partial charge in [-0.15, -0.1) is 0 Å². The number of anilines is 1. The summed E-state index contributed by atoms with van der Waals surface area (Å²) in [5.41, 5.74) is 12.3. The topological polar surface area (TPSA) is 6.48 Å². The Bertz CT molecular complexity index is 2080. The molecule has 11 rings (SSSR count). The van der Waals surface area contributed by atoms with Gasteiger partial charge >= 0.3 is 0 Å². The second-order valence-corrected chi connectivity index (χ2v) is 18.1. The van der Waals surface area contributed by atoms with E-state index in [1.807, 2.05) is 0 Å². The van der Waals surface area contributed by atoms with Crippen LogP contribution >= 0.6 is 0 Å². The molecule has 268 valence electrons. The number of hydrogen-bond donors (Lipinski definition) is 0. The van der Waals surface area contributed by atoms with Gasteiger partial charge in [0.1, 0.15) is 0 Å². The van der Waals surface area contributed by atoms with Crippen molar-refractivity contribution in [1.29, 1.82) is 0 Å². The fourth-order valence-corrected chi connectivity index (χ4v) is 12.8. The van der Waals surface area contributed by atoms with Crippen LogP contribution in [0.4, 0.5) is 5.69 Å². The third kappa shape index (κ3) is 5.00. The van der Waals surface area contributed by atoms with E-state index in [0.29, 0.717) is 59.6 Å². The molecule has 0 radical (unpaired) electrons. The van der Waals surface area contributed by atoms with E-state index in [1.165, 1.54) is 47.5 Å². The Labute approximate surface area is 317 Å². The fourth-order valence-electron chi connectivity index (χ4n) is 12.8. The SMILES string of the molecule is CC1(C)C2=CCC(N3C4C=CC=CC4C4C=C(C5CC=C6C(C5)C5=C(CCC=C5)N6c5ccc(C6=CCCC=C6)cc5)C=CC43)CC2C2C=CC=CC21. The predicted molar refractivity (Wildman–Crippen MR) is 221 cm³/mol. The first kappa shape index (κ1) is 32.3. The van der Waals surface area contributed by atoms with Crippen LogP contribution in [0, 0.1) is 46.8 Å². The summed E-state index contributed by atoms with van der Waals surface area (Å²) in [5, 5.41) is 0. The van der Waals surface area contributed by atoms with Crippen molar-refractivity contribution >= 4 is 11.3 Å². The molecule has 10 aliphatic rings. The number of allylic oxidation sites excluding steroid dienone is 18. The Morgan fingerprint density at radius 1 is 0.698 bits per heavy atom. The second-order valence-electron chi connectivity index (χ2n) is 18.1. The number of nitrogens with zero attached hydrogens (tertiary/aromatic N) is 2. The van der Waals surface area contributed by atoms with Crippen molar-refractivity contribution in [3.63, 3.8) is 0 Å². The van der Waals surface area contributed by atoms with Gasteiger partial charge in [-0.25, -0.2) is 0 Å². The maximum Gasteiger partial charge on any atom is 0.0455 e. The van der Waals surface area contributed by atoms with Gasteiger partial charge in [-0.3, -0.25) is 4.90 Å². The summed E-state index contributed by atoms with van der Waals surface area (Å²) < 4.78 is 0. The van der Waals surface area contributed by atoms with Crippen LogP contribution in [-0.4, -0.2) is 23.0 Å². The molecule has 0 bridgehead atoms. The van der Waals surface area contributed by atoms with Crippen LogP contribution in [0.5, 0.6) is 0 Å². The minimum absolute atomic E-state index is 0.261. The van der Waals surface area contributed by atoms with Crippen molar-refractivity contribution in [3.05, 3.63) is 167 Å². The summed E-state index contributed by atoms with van der Waals surface area (Å²) >= 11 is 0. The number of benzene rings is 1. The highest BCUT2D eigenvalue weighted by Gasteiger charge is 2.55. The lowest BCUT2D eigenvalue weighted by atomic mass is 9.73. The van der Waals surface area contributed by atoms with Gasteiger partial charge in [0.25, 0.3) is 0 Å². The molecule has 1 aromatic rings. The van der Waals surface area contributed by atoms with E-state index in [4.69, 9.17) is 0 Å². The largest absolute Gasteiger partial charge is 0.317 e. The lowest BCUT2D eigenvalue weighted by Crippen LogP contribution is -2.47. The third-order valence-corrected chi connectivity index (χ3v) is 15.2. The lowest BCUT2D eigenvalue weighted by molar-refractivity contribution is 0.132. The van der Waals surface area contributed by atoms with Crippen LogP contribution in [0.3, 0.4) is 0 Å². The molecule has 1 aromatic carbocycles. The molecule has 2 aliphatic heterocycles. The highest BCUT2D eigenvalue weighted by atomic mass is 15.3. The van der Waals surface area contributed by atoms with Crippen LogP contribution in [0.25, 0.3) is 5.57 Å². The quantitative estimate of drug-likeness (QED) is 0.290. The van der Waals surface area contributed by atoms with E-state index in [9.17, 15) is 0 Å². The number of rotatable bonds is 4. The van der Waals surface area contributed by atoms with Crippen LogP contribution in [0.2, 0.25) is 0 Å². The lowest BCUT2D eigenvalue weighted by Gasteiger charge is -2.42. The highest BCUT2D eigenvalue weighted by Crippen LogP contribution is 2.60. The average molecular weight is 695 g/mol. The number of fused-ring (bicyclic) bond motifs is 8. The second kappa shape index (κ2) is 12.5. The first-order valence-electron chi connectivity index (χ1n) is 21.0. The summed E-state index contributed by atoms with van der Waals surface area (Å²) in [4.78, 5) is 5.62. The zero-order valence-electron chi connectivity index (χ0n) is 31.5. The first-order chi connectivity index (χ1) is 26.0. The standard InChI is InChI=1S/C51H54N2/c1-51(2)45-17-9-6-14-39(45)42-32-38(26-27-46(42)51)53-48-19-11-8-16-41(48)44-31-36(23-29-50(44)53)35-22-28-49-43(30-35)40-15-7-10-18-47(40)52(49)37-24-20-34(21-25-37)33-12-4-3-5-13-33/h4,6-9,11-17,19-21,23-25,27-29,31,35,38-39,41-45,48,50H,3,5,10,18,22,26,30,32H2,1-2H3. The summed E-state index contributed by atoms with van der Waals surface area (Å²) in [7, 11) is 0. The van der Waals surface area contributed by atoms with Crippen molar-refractivity contribution in [3.8, 4) is 0 Å². The van der Waals surface area contributed by atoms with Gasteiger partial charge in [-0.1, -0.05) is 141 Å². The van der Waals surface area contributed by atoms with E-state index in [2.05, 4.69) is 157 Å². The third-order valence-electron chi connectivity index (χ3n) is 15.2. The van der Waals surface area contributed by atoms with Crippen LogP contribution in [-0.2, 0) is 0 Å². The van der Waals surface area contributed by atoms with Crippen LogP contribution < -0.4 is 4.90 Å². The monoisotopic (exact) mass is 694 g/mol. The number of hydrogen-bond acceptors (Lipinski definition) is 2. The summed E-state index contributed by atoms with van der Waals surface area (Å²) in [6, 6.07) is 11.0. The van der Waals surface area contributed by atoms with Gasteiger partial charge in [0.2, 0.25) is 0 Å². The van der Waals surface area contributed by atoms with Crippen molar-refractivity contribution in [2.45, 2.75) is 83.3 Å². The van der Waals surface area contributed by atoms with Gasteiger partial charge in [0.05, 0.1) is 0 Å². The van der Waals surface area contributed by atoms with Crippen molar-refractivity contribution < 1.29 is 0 Å². The zero-order valence-corrected chi connectivity index (χ0v) is 31.5. The molecule has 2 nitrogen and oxygen atoms in total. The minimum atomic E-state index is 0.261. The van der Waals surface area contributed by atoms with E-state index in [-0.39, 0.29) is 5.41 Å². The maximum atomic E-state index is 2.97. The first-order valence-corrected chi connectivity index (χ1v) is 21.0. The van der Waals surface area contributed by atoms with Gasteiger partial charge in [0, 0.05) is 53.0 Å². The highest BCUT2D eigenvalue weighted by molar-refractivity contribution is 5.77. The molecule has 10 atom stereocenters. The van der Waals surface area contributed by atoms with Gasteiger partial charge in [0.15, 0.2) is 0 Å². The molecule has 53 heavy (non-hydrogen) atoms. The number of likely N-dealkylation sites (tertiary alicyclic amines) is 1. The normalized spacial score (nSPS) is 38.4. The minimum Gasteiger partial charge on any atom is -0.317 e. The van der Waals surface area contributed by atoms with Crippen LogP contribution in [0.1, 0.15) is 70.8 Å². The Balaban J connectivity index is 0.862. The van der Waals surface area contributed by atoms with Crippen molar-refractivity contribution in [1.82, 2.24) is 4.90 Å². The molecule has 0 amide bonds. The smallest absolute Gasteiger partial charge is 0.0455 e. The van der Waals surface area contributed by atoms with Crippen molar-refractivity contribution in [2.24, 2.45) is 46.8 Å². The van der Waals surface area contributed by atoms with E-state index in [1.54, 1.807) is 16.7 Å². The summed E-state index contributed by atoms with van der Waals surface area (Å²) in [6.45, 7) is 5.01. The molecule has 1 saturated carbocycles. The molecule has 10 unspecified atom stereocenters. The Kier molecular flexibility index (Phi) is 7.59. The molecule has 2 heteroatoms. The Morgan fingerprint density at radius 3 is 2.38 bits per heavy atom. The van der Waals surface area contributed by atoms with E-state index in [0.717, 1.165) is 32.1 Å². The maximum absolute atomic E-state index is 2.97. The zero-order chi connectivity index (χ0) is 35.3. The molecular formula is C51H54N2. The van der Waals surface area contributed by atoms with E-state index >= 15 is 0 Å². The van der Waals surface area contributed by atoms with Crippen LogP contribution in [0.15, 0.2) is 162 Å². The molecule has 1 saturated heterocycles. The molecule has 2 fully saturated rings. The molecule has 0 spiro atoms. The Morgan fingerprint density at radius 2 is 1.51 bits per heavy atom. The predicted octanol–water partition coefficient (Wildman–Crippen LogP) is 11.8. The van der Waals surface area contributed by atoms with Gasteiger partial charge in [-0.05, 0) is 115 Å². The average Bonchev–Trinajstić information content (AvgIpc) is 3.81. The molecule has 2 heterocycles. The molecule has 8 aliphatic carbocycles. The van der Waals surface area contributed by atoms with Gasteiger partial charge < -0.3 is 4.90 Å². The van der Waals surface area contributed by atoms with Gasteiger partial charge in [-0.2, -0.15) is 0 Å². The van der Waals surface area contributed by atoms with E-state index < -0.39 is 0 Å². The summed E-state index contributed by atoms with van der Waals surface area (Å²) in [6.07, 6.45) is 54.0. The molecular weight excluding hydrogens is 641 g/mol. The molecule has 0 N–H and O–H groups in total. The van der Waals surface area contributed by atoms with Crippen molar-refractivity contribution in [2.75, 3.05) is 4.90 Å². The Hall–Kier alpha value is -4.14. The molecule has 0 aromatic heterocycles.